The SMILES string of the molecule is CNC1CCCN(S(=O)(=O)c2ccc3c(c2)OCCO3)C1. The van der Waals surface area contributed by atoms with Crippen molar-refractivity contribution in [3.8, 4) is 11.5 Å². The Balaban J connectivity index is 1.87. The summed E-state index contributed by atoms with van der Waals surface area (Å²) in [6.07, 6.45) is 1.87. The molecule has 0 radical (unpaired) electrons. The van der Waals surface area contributed by atoms with Gasteiger partial charge in [-0.25, -0.2) is 8.42 Å². The van der Waals surface area contributed by atoms with Crippen molar-refractivity contribution in [2.24, 2.45) is 0 Å². The fraction of sp³-hybridized carbons (Fsp3) is 0.571. The second-order valence-electron chi connectivity index (χ2n) is 5.30. The Kier molecular flexibility index (Phi) is 4.05. The van der Waals surface area contributed by atoms with E-state index in [9.17, 15) is 8.42 Å². The van der Waals surface area contributed by atoms with Gasteiger partial charge >= 0.3 is 0 Å². The standard InChI is InChI=1S/C14H20N2O4S/c1-15-11-3-2-6-16(10-11)21(17,18)12-4-5-13-14(9-12)20-8-7-19-13/h4-5,9,11,15H,2-3,6-8,10H2,1H3. The molecule has 0 aromatic heterocycles. The van der Waals surface area contributed by atoms with Gasteiger partial charge in [-0.15, -0.1) is 0 Å². The van der Waals surface area contributed by atoms with Crippen LogP contribution in [0.4, 0.5) is 0 Å². The average Bonchev–Trinajstić information content (AvgIpc) is 2.54. The molecule has 6 nitrogen and oxygen atoms in total. The number of nitrogens with zero attached hydrogens (tertiary/aromatic N) is 1. The number of piperidine rings is 1. The van der Waals surface area contributed by atoms with Crippen LogP contribution < -0.4 is 14.8 Å². The highest BCUT2D eigenvalue weighted by atomic mass is 32.2. The Morgan fingerprint density at radius 3 is 2.76 bits per heavy atom. The third-order valence-electron chi connectivity index (χ3n) is 3.94. The minimum absolute atomic E-state index is 0.214. The number of hydrogen-bond acceptors (Lipinski definition) is 5. The summed E-state index contributed by atoms with van der Waals surface area (Å²) in [7, 11) is -1.61. The van der Waals surface area contributed by atoms with Crippen molar-refractivity contribution in [2.75, 3.05) is 33.4 Å². The molecule has 21 heavy (non-hydrogen) atoms. The van der Waals surface area contributed by atoms with Crippen LogP contribution in [0.1, 0.15) is 12.8 Å². The van der Waals surface area contributed by atoms with E-state index in [1.807, 2.05) is 7.05 Å². The van der Waals surface area contributed by atoms with E-state index < -0.39 is 10.0 Å². The first-order chi connectivity index (χ1) is 10.1. The summed E-state index contributed by atoms with van der Waals surface area (Å²) in [4.78, 5) is 0.267. The molecule has 3 rings (SSSR count). The van der Waals surface area contributed by atoms with Gasteiger partial charge in [-0.2, -0.15) is 4.31 Å². The summed E-state index contributed by atoms with van der Waals surface area (Å²) < 4.78 is 37.9. The molecule has 0 saturated carbocycles. The molecule has 116 valence electrons. The van der Waals surface area contributed by atoms with Crippen LogP contribution in [-0.2, 0) is 10.0 Å². The predicted molar refractivity (Wildman–Crippen MR) is 78.3 cm³/mol. The second kappa shape index (κ2) is 5.82. The van der Waals surface area contributed by atoms with Gasteiger partial charge < -0.3 is 14.8 Å². The number of ether oxygens (including phenoxy) is 2. The molecular formula is C14H20N2O4S. The molecule has 1 saturated heterocycles. The average molecular weight is 312 g/mol. The van der Waals surface area contributed by atoms with E-state index in [0.717, 1.165) is 12.8 Å². The molecule has 2 heterocycles. The summed E-state index contributed by atoms with van der Waals surface area (Å²) in [5.41, 5.74) is 0. The number of benzene rings is 1. The lowest BCUT2D eigenvalue weighted by atomic mass is 10.1. The van der Waals surface area contributed by atoms with Crippen LogP contribution in [0.25, 0.3) is 0 Å². The van der Waals surface area contributed by atoms with E-state index in [0.29, 0.717) is 37.8 Å². The van der Waals surface area contributed by atoms with Crippen LogP contribution in [0.3, 0.4) is 0 Å². The Bertz CT molecular complexity index is 617. The normalized spacial score (nSPS) is 23.0. The highest BCUT2D eigenvalue weighted by Crippen LogP contribution is 2.33. The Morgan fingerprint density at radius 1 is 1.24 bits per heavy atom. The van der Waals surface area contributed by atoms with Gasteiger partial charge in [0.15, 0.2) is 11.5 Å². The molecule has 1 fully saturated rings. The molecule has 0 spiro atoms. The molecule has 2 aliphatic heterocycles. The van der Waals surface area contributed by atoms with Gasteiger partial charge in [0.25, 0.3) is 0 Å². The van der Waals surface area contributed by atoms with Gasteiger partial charge in [0.1, 0.15) is 13.2 Å². The van der Waals surface area contributed by atoms with Crippen molar-refractivity contribution in [2.45, 2.75) is 23.8 Å². The van der Waals surface area contributed by atoms with E-state index in [-0.39, 0.29) is 10.9 Å². The topological polar surface area (TPSA) is 67.9 Å². The van der Waals surface area contributed by atoms with E-state index in [2.05, 4.69) is 5.32 Å². The first-order valence-corrected chi connectivity index (χ1v) is 8.62. The maximum absolute atomic E-state index is 12.7. The number of fused-ring (bicyclic) bond motifs is 1. The quantitative estimate of drug-likeness (QED) is 0.895. The predicted octanol–water partition coefficient (Wildman–Crippen LogP) is 0.830. The monoisotopic (exact) mass is 312 g/mol. The van der Waals surface area contributed by atoms with Crippen molar-refractivity contribution in [1.29, 1.82) is 0 Å². The number of sulfonamides is 1. The minimum atomic E-state index is -3.48. The number of rotatable bonds is 3. The molecule has 1 unspecified atom stereocenters. The fourth-order valence-electron chi connectivity index (χ4n) is 2.73. The van der Waals surface area contributed by atoms with Crippen molar-refractivity contribution >= 4 is 10.0 Å². The highest BCUT2D eigenvalue weighted by Gasteiger charge is 2.30. The zero-order valence-corrected chi connectivity index (χ0v) is 12.9. The Hall–Kier alpha value is -1.31. The first-order valence-electron chi connectivity index (χ1n) is 7.18. The molecular weight excluding hydrogens is 292 g/mol. The lowest BCUT2D eigenvalue weighted by molar-refractivity contribution is 0.171. The van der Waals surface area contributed by atoms with Gasteiger partial charge in [-0.05, 0) is 32.0 Å². The molecule has 7 heteroatoms. The third kappa shape index (κ3) is 2.86. The second-order valence-corrected chi connectivity index (χ2v) is 7.23. The smallest absolute Gasteiger partial charge is 0.243 e. The summed E-state index contributed by atoms with van der Waals surface area (Å²) in [5, 5.41) is 3.16. The van der Waals surface area contributed by atoms with Gasteiger partial charge in [0.05, 0.1) is 4.90 Å². The minimum Gasteiger partial charge on any atom is -0.486 e. The van der Waals surface area contributed by atoms with E-state index in [4.69, 9.17) is 9.47 Å². The molecule has 0 bridgehead atoms. The van der Waals surface area contributed by atoms with Crippen molar-refractivity contribution < 1.29 is 17.9 Å². The first kappa shape index (κ1) is 14.6. The zero-order chi connectivity index (χ0) is 14.9. The number of likely N-dealkylation sites (N-methyl/N-ethyl adjacent to an activating group) is 1. The number of nitrogens with one attached hydrogen (secondary N) is 1. The van der Waals surface area contributed by atoms with Gasteiger partial charge in [-0.1, -0.05) is 0 Å². The van der Waals surface area contributed by atoms with Gasteiger partial charge in [0, 0.05) is 25.2 Å². The van der Waals surface area contributed by atoms with Crippen LogP contribution >= 0.6 is 0 Å². The maximum atomic E-state index is 12.7. The largest absolute Gasteiger partial charge is 0.486 e. The Labute approximate surface area is 125 Å². The van der Waals surface area contributed by atoms with Gasteiger partial charge in [0.2, 0.25) is 10.0 Å². The van der Waals surface area contributed by atoms with Crippen LogP contribution in [-0.4, -0.2) is 52.1 Å². The van der Waals surface area contributed by atoms with E-state index in [1.165, 1.54) is 0 Å². The molecule has 2 aliphatic rings. The van der Waals surface area contributed by atoms with Crippen molar-refractivity contribution in [3.05, 3.63) is 18.2 Å². The van der Waals surface area contributed by atoms with Crippen LogP contribution in [0.2, 0.25) is 0 Å². The van der Waals surface area contributed by atoms with Crippen LogP contribution in [0.15, 0.2) is 23.1 Å². The molecule has 1 atom stereocenters. The molecule has 0 aliphatic carbocycles. The zero-order valence-electron chi connectivity index (χ0n) is 12.0. The maximum Gasteiger partial charge on any atom is 0.243 e. The third-order valence-corrected chi connectivity index (χ3v) is 5.80. The highest BCUT2D eigenvalue weighted by molar-refractivity contribution is 7.89. The van der Waals surface area contributed by atoms with Crippen LogP contribution in [0.5, 0.6) is 11.5 Å². The summed E-state index contributed by atoms with van der Waals surface area (Å²) in [6, 6.07) is 5.03. The lowest BCUT2D eigenvalue weighted by Crippen LogP contribution is -2.46. The molecule has 0 amide bonds. The summed E-state index contributed by atoms with van der Waals surface area (Å²) >= 11 is 0. The number of hydrogen-bond donors (Lipinski definition) is 1. The fourth-order valence-corrected chi connectivity index (χ4v) is 4.27. The summed E-state index contributed by atoms with van der Waals surface area (Å²) in [5.74, 6) is 1.11. The van der Waals surface area contributed by atoms with Crippen molar-refractivity contribution in [1.82, 2.24) is 9.62 Å². The van der Waals surface area contributed by atoms with E-state index >= 15 is 0 Å². The van der Waals surface area contributed by atoms with E-state index in [1.54, 1.807) is 22.5 Å². The van der Waals surface area contributed by atoms with Crippen LogP contribution in [0, 0.1) is 0 Å². The summed E-state index contributed by atoms with van der Waals surface area (Å²) in [6.45, 7) is 2.01. The lowest BCUT2D eigenvalue weighted by Gasteiger charge is -2.32. The van der Waals surface area contributed by atoms with Crippen molar-refractivity contribution in [3.63, 3.8) is 0 Å². The molecule has 1 N–H and O–H groups in total. The van der Waals surface area contributed by atoms with Gasteiger partial charge in [-0.3, -0.25) is 0 Å². The molecule has 1 aromatic rings. The Morgan fingerprint density at radius 2 is 2.00 bits per heavy atom. The molecule has 1 aromatic carbocycles.